The summed E-state index contributed by atoms with van der Waals surface area (Å²) in [6, 6.07) is 19.9. The van der Waals surface area contributed by atoms with Gasteiger partial charge in [-0.3, -0.25) is 24.8 Å². The van der Waals surface area contributed by atoms with Crippen molar-refractivity contribution in [2.75, 3.05) is 6.54 Å². The third kappa shape index (κ3) is 4.49. The van der Waals surface area contributed by atoms with E-state index in [-0.39, 0.29) is 24.3 Å². The summed E-state index contributed by atoms with van der Waals surface area (Å²) < 4.78 is 0. The number of benzene rings is 2. The highest BCUT2D eigenvalue weighted by Crippen LogP contribution is 2.32. The van der Waals surface area contributed by atoms with E-state index in [9.17, 15) is 14.9 Å². The van der Waals surface area contributed by atoms with Crippen LogP contribution in [0.5, 0.6) is 0 Å². The molecule has 0 spiro atoms. The molecule has 1 amide bonds. The van der Waals surface area contributed by atoms with Crippen molar-refractivity contribution >= 4 is 17.3 Å². The molecule has 0 unspecified atom stereocenters. The molecule has 1 fully saturated rings. The van der Waals surface area contributed by atoms with Gasteiger partial charge in [0, 0.05) is 31.1 Å². The lowest BCUT2D eigenvalue weighted by Crippen LogP contribution is -2.29. The lowest BCUT2D eigenvalue weighted by atomic mass is 10.1. The Balaban J connectivity index is 1.66. The maximum Gasteiger partial charge on any atom is 0.269 e. The van der Waals surface area contributed by atoms with Gasteiger partial charge >= 0.3 is 0 Å². The largest absolute Gasteiger partial charge is 0.271 e. The average Bonchev–Trinajstić information content (AvgIpc) is 3.09. The Morgan fingerprint density at radius 1 is 1.10 bits per heavy atom. The summed E-state index contributed by atoms with van der Waals surface area (Å²) in [5, 5.41) is 17.0. The Labute approximate surface area is 179 Å². The van der Waals surface area contributed by atoms with Gasteiger partial charge in [-0.15, -0.1) is 0 Å². The number of hydrogen-bond donors (Lipinski definition) is 0. The van der Waals surface area contributed by atoms with Crippen molar-refractivity contribution in [2.45, 2.75) is 19.6 Å². The van der Waals surface area contributed by atoms with E-state index in [1.54, 1.807) is 31.5 Å². The molecule has 1 atom stereocenters. The number of nitro groups is 1. The number of rotatable bonds is 6. The molecule has 0 radical (unpaired) electrons. The topological polar surface area (TPSA) is 91.9 Å². The van der Waals surface area contributed by atoms with Gasteiger partial charge in [0.05, 0.1) is 17.2 Å². The number of nitro benzene ring substituents is 1. The fourth-order valence-electron chi connectivity index (χ4n) is 3.63. The van der Waals surface area contributed by atoms with Crippen LogP contribution in [0.3, 0.4) is 0 Å². The monoisotopic (exact) mass is 415 g/mol. The zero-order valence-corrected chi connectivity index (χ0v) is 17.0. The summed E-state index contributed by atoms with van der Waals surface area (Å²) in [5.74, 6) is -0.112. The third-order valence-electron chi connectivity index (χ3n) is 5.16. The van der Waals surface area contributed by atoms with Crippen LogP contribution < -0.4 is 0 Å². The van der Waals surface area contributed by atoms with Crippen LogP contribution in [0.15, 0.2) is 84.2 Å². The van der Waals surface area contributed by atoms with Gasteiger partial charge in [0.25, 0.3) is 11.6 Å². The van der Waals surface area contributed by atoms with Crippen LogP contribution in [0.25, 0.3) is 0 Å². The lowest BCUT2D eigenvalue weighted by molar-refractivity contribution is -0.384. The van der Waals surface area contributed by atoms with E-state index < -0.39 is 4.92 Å². The van der Waals surface area contributed by atoms with E-state index in [2.05, 4.69) is 15.0 Å². The van der Waals surface area contributed by atoms with E-state index in [1.807, 2.05) is 42.5 Å². The summed E-state index contributed by atoms with van der Waals surface area (Å²) in [6.45, 7) is 2.62. The van der Waals surface area contributed by atoms with Gasteiger partial charge < -0.3 is 0 Å². The predicted octanol–water partition coefficient (Wildman–Crippen LogP) is 3.76. The first kappa shape index (κ1) is 20.4. The van der Waals surface area contributed by atoms with Crippen LogP contribution >= 0.6 is 0 Å². The molecule has 8 nitrogen and oxygen atoms in total. The molecular formula is C23H21N5O3. The number of aromatic nitrogens is 1. The number of pyridine rings is 1. The molecule has 2 heterocycles. The van der Waals surface area contributed by atoms with Crippen molar-refractivity contribution in [1.82, 2.24) is 14.9 Å². The van der Waals surface area contributed by atoms with Crippen LogP contribution in [0.4, 0.5) is 5.69 Å². The molecule has 1 aromatic heterocycles. The van der Waals surface area contributed by atoms with Crippen molar-refractivity contribution in [3.8, 4) is 0 Å². The minimum Gasteiger partial charge on any atom is -0.271 e. The summed E-state index contributed by atoms with van der Waals surface area (Å²) in [4.78, 5) is 29.6. The Hall–Kier alpha value is -3.91. The molecule has 0 bridgehead atoms. The van der Waals surface area contributed by atoms with E-state index >= 15 is 0 Å². The maximum atomic E-state index is 12.9. The van der Waals surface area contributed by atoms with E-state index in [1.165, 1.54) is 17.1 Å². The first-order valence-corrected chi connectivity index (χ1v) is 9.83. The van der Waals surface area contributed by atoms with Crippen molar-refractivity contribution in [3.63, 3.8) is 0 Å². The molecule has 31 heavy (non-hydrogen) atoms. The summed E-state index contributed by atoms with van der Waals surface area (Å²) >= 11 is 0. The number of amides is 1. The SMILES string of the molecule is C/C(=N/N1C(=O)CN(Cc2ccccc2)[C@@H]1c1ccncc1)c1ccc([N+](=O)[O-])cc1. The highest BCUT2D eigenvalue weighted by Gasteiger charge is 2.39. The van der Waals surface area contributed by atoms with Crippen molar-refractivity contribution in [1.29, 1.82) is 0 Å². The standard InChI is InChI=1S/C23H21N5O3/c1-17(19-7-9-21(10-8-19)28(30)31)25-27-22(29)16-26(15-18-5-3-2-4-6-18)23(27)20-11-13-24-14-12-20/h2-14,23H,15-16H2,1H3/b25-17-/t23-/m0/s1. The molecule has 0 aliphatic carbocycles. The van der Waals surface area contributed by atoms with Gasteiger partial charge in [-0.1, -0.05) is 30.3 Å². The van der Waals surface area contributed by atoms with Gasteiger partial charge in [0.2, 0.25) is 0 Å². The fourth-order valence-corrected chi connectivity index (χ4v) is 3.63. The van der Waals surface area contributed by atoms with Crippen LogP contribution in [-0.4, -0.2) is 38.0 Å². The normalized spacial score (nSPS) is 17.2. The van der Waals surface area contributed by atoms with E-state index in [0.29, 0.717) is 17.8 Å². The van der Waals surface area contributed by atoms with Gasteiger partial charge in [-0.05, 0) is 47.9 Å². The number of carbonyl (C=O) groups is 1. The first-order valence-electron chi connectivity index (χ1n) is 9.83. The predicted molar refractivity (Wildman–Crippen MR) is 116 cm³/mol. The highest BCUT2D eigenvalue weighted by molar-refractivity contribution is 5.99. The van der Waals surface area contributed by atoms with Crippen LogP contribution in [0, 0.1) is 10.1 Å². The smallest absolute Gasteiger partial charge is 0.269 e. The van der Waals surface area contributed by atoms with Crippen LogP contribution in [-0.2, 0) is 11.3 Å². The van der Waals surface area contributed by atoms with Gasteiger partial charge in [-0.2, -0.15) is 5.10 Å². The molecule has 1 aliphatic rings. The zero-order valence-electron chi connectivity index (χ0n) is 17.0. The molecule has 2 aromatic carbocycles. The molecular weight excluding hydrogens is 394 g/mol. The Morgan fingerprint density at radius 3 is 2.42 bits per heavy atom. The molecule has 0 N–H and O–H groups in total. The quantitative estimate of drug-likeness (QED) is 0.347. The molecule has 156 valence electrons. The van der Waals surface area contributed by atoms with E-state index in [0.717, 1.165) is 11.1 Å². The van der Waals surface area contributed by atoms with Crippen molar-refractivity contribution in [3.05, 3.63) is 106 Å². The second kappa shape index (κ2) is 8.85. The molecule has 8 heteroatoms. The second-order valence-electron chi connectivity index (χ2n) is 7.27. The summed E-state index contributed by atoms with van der Waals surface area (Å²) in [6.07, 6.45) is 3.03. The third-order valence-corrected chi connectivity index (χ3v) is 5.16. The first-order chi connectivity index (χ1) is 15.0. The zero-order chi connectivity index (χ0) is 21.8. The maximum absolute atomic E-state index is 12.9. The number of non-ortho nitro benzene ring substituents is 1. The van der Waals surface area contributed by atoms with Gasteiger partial charge in [0.15, 0.2) is 0 Å². The lowest BCUT2D eigenvalue weighted by Gasteiger charge is -2.27. The summed E-state index contributed by atoms with van der Waals surface area (Å²) in [7, 11) is 0. The Morgan fingerprint density at radius 2 is 1.77 bits per heavy atom. The van der Waals surface area contributed by atoms with Gasteiger partial charge in [-0.25, -0.2) is 5.01 Å². The number of carbonyl (C=O) groups excluding carboxylic acids is 1. The van der Waals surface area contributed by atoms with Crippen LogP contribution in [0.1, 0.15) is 29.8 Å². The minimum atomic E-state index is -0.443. The molecule has 4 rings (SSSR count). The highest BCUT2D eigenvalue weighted by atomic mass is 16.6. The second-order valence-corrected chi connectivity index (χ2v) is 7.27. The average molecular weight is 415 g/mol. The van der Waals surface area contributed by atoms with Crippen molar-refractivity contribution in [2.24, 2.45) is 5.10 Å². The summed E-state index contributed by atoms with van der Waals surface area (Å²) in [5.41, 5.74) is 3.35. The number of hydrazone groups is 1. The molecule has 1 aliphatic heterocycles. The molecule has 1 saturated heterocycles. The number of nitrogens with zero attached hydrogens (tertiary/aromatic N) is 5. The van der Waals surface area contributed by atoms with E-state index in [4.69, 9.17) is 0 Å². The molecule has 3 aromatic rings. The fraction of sp³-hybridized carbons (Fsp3) is 0.174. The Bertz CT molecular complexity index is 1100. The molecule has 0 saturated carbocycles. The number of hydrogen-bond acceptors (Lipinski definition) is 6. The van der Waals surface area contributed by atoms with Crippen LogP contribution in [0.2, 0.25) is 0 Å². The minimum absolute atomic E-state index is 0.0116. The van der Waals surface area contributed by atoms with Gasteiger partial charge in [0.1, 0.15) is 6.17 Å². The van der Waals surface area contributed by atoms with Crippen molar-refractivity contribution < 1.29 is 9.72 Å². The Kier molecular flexibility index (Phi) is 5.81.